The summed E-state index contributed by atoms with van der Waals surface area (Å²) in [4.78, 5) is 0. The first kappa shape index (κ1) is 17.7. The van der Waals surface area contributed by atoms with E-state index in [0.717, 1.165) is 38.2 Å². The maximum atomic E-state index is 13.1. The first-order valence-corrected chi connectivity index (χ1v) is 8.51. The first-order valence-electron chi connectivity index (χ1n) is 8.51. The standard InChI is InChI=1S/C18H24F3NO2/c19-18(20,21)15-6-4-5-14(9-15)17(7-2-1-3-8-17)22-10-16(11-23)12-24-13-16/h4-6,9,22-23H,1-3,7-8,10-13H2. The predicted octanol–water partition coefficient (Wildman–Crippen LogP) is 3.46. The lowest BCUT2D eigenvalue weighted by Crippen LogP contribution is -2.57. The van der Waals surface area contributed by atoms with Gasteiger partial charge in [0.25, 0.3) is 0 Å². The summed E-state index contributed by atoms with van der Waals surface area (Å²) >= 11 is 0. The highest BCUT2D eigenvalue weighted by Crippen LogP contribution is 2.40. The van der Waals surface area contributed by atoms with E-state index in [1.807, 2.05) is 0 Å². The maximum Gasteiger partial charge on any atom is 0.416 e. The average molecular weight is 343 g/mol. The molecule has 1 aromatic carbocycles. The molecule has 1 aromatic rings. The molecule has 0 amide bonds. The van der Waals surface area contributed by atoms with Crippen LogP contribution in [0.2, 0.25) is 0 Å². The Labute approximate surface area is 140 Å². The Bertz CT molecular complexity index is 558. The summed E-state index contributed by atoms with van der Waals surface area (Å²) in [5, 5.41) is 13.1. The Kier molecular flexibility index (Phi) is 4.91. The number of aliphatic hydroxyl groups is 1. The Morgan fingerprint density at radius 2 is 1.83 bits per heavy atom. The fourth-order valence-electron chi connectivity index (χ4n) is 3.71. The van der Waals surface area contributed by atoms with Crippen LogP contribution in [0.4, 0.5) is 13.2 Å². The summed E-state index contributed by atoms with van der Waals surface area (Å²) in [6, 6.07) is 5.68. The molecule has 0 aromatic heterocycles. The van der Waals surface area contributed by atoms with Crippen molar-refractivity contribution in [1.82, 2.24) is 5.32 Å². The van der Waals surface area contributed by atoms with Gasteiger partial charge in [0.05, 0.1) is 30.8 Å². The zero-order valence-electron chi connectivity index (χ0n) is 13.7. The largest absolute Gasteiger partial charge is 0.416 e. The van der Waals surface area contributed by atoms with Crippen molar-refractivity contribution in [1.29, 1.82) is 0 Å². The van der Waals surface area contributed by atoms with Crippen LogP contribution in [0.5, 0.6) is 0 Å². The molecule has 1 saturated heterocycles. The van der Waals surface area contributed by atoms with Gasteiger partial charge in [0, 0.05) is 12.1 Å². The lowest BCUT2D eigenvalue weighted by molar-refractivity contribution is -0.138. The van der Waals surface area contributed by atoms with Gasteiger partial charge in [0.2, 0.25) is 0 Å². The molecular formula is C18H24F3NO2. The van der Waals surface area contributed by atoms with Crippen LogP contribution < -0.4 is 5.32 Å². The molecular weight excluding hydrogens is 319 g/mol. The maximum absolute atomic E-state index is 13.1. The molecule has 0 unspecified atom stereocenters. The second-order valence-corrected chi connectivity index (χ2v) is 7.23. The van der Waals surface area contributed by atoms with Crippen molar-refractivity contribution in [3.63, 3.8) is 0 Å². The molecule has 1 aliphatic carbocycles. The van der Waals surface area contributed by atoms with Gasteiger partial charge in [-0.1, -0.05) is 31.4 Å². The third kappa shape index (κ3) is 3.46. The van der Waals surface area contributed by atoms with E-state index in [4.69, 9.17) is 4.74 Å². The fourth-order valence-corrected chi connectivity index (χ4v) is 3.71. The van der Waals surface area contributed by atoms with Crippen molar-refractivity contribution in [3.8, 4) is 0 Å². The second-order valence-electron chi connectivity index (χ2n) is 7.23. The van der Waals surface area contributed by atoms with E-state index in [2.05, 4.69) is 5.32 Å². The second kappa shape index (κ2) is 6.65. The molecule has 6 heteroatoms. The summed E-state index contributed by atoms with van der Waals surface area (Å²) in [5.74, 6) is 0. The Morgan fingerprint density at radius 3 is 2.38 bits per heavy atom. The molecule has 24 heavy (non-hydrogen) atoms. The van der Waals surface area contributed by atoms with E-state index in [0.29, 0.717) is 25.3 Å². The highest BCUT2D eigenvalue weighted by molar-refractivity contribution is 5.32. The summed E-state index contributed by atoms with van der Waals surface area (Å²) in [6.07, 6.45) is 0.391. The number of alkyl halides is 3. The van der Waals surface area contributed by atoms with Gasteiger partial charge < -0.3 is 15.2 Å². The molecule has 1 heterocycles. The molecule has 1 saturated carbocycles. The molecule has 2 N–H and O–H groups in total. The fraction of sp³-hybridized carbons (Fsp3) is 0.667. The van der Waals surface area contributed by atoms with Crippen LogP contribution in [0, 0.1) is 5.41 Å². The van der Waals surface area contributed by atoms with Crippen molar-refractivity contribution in [3.05, 3.63) is 35.4 Å². The van der Waals surface area contributed by atoms with Crippen LogP contribution in [0.15, 0.2) is 24.3 Å². The SMILES string of the molecule is OCC1(CNC2(c3cccc(C(F)(F)F)c3)CCCCC2)COC1. The number of hydrogen-bond donors (Lipinski definition) is 2. The number of hydrogen-bond acceptors (Lipinski definition) is 3. The molecule has 0 bridgehead atoms. The topological polar surface area (TPSA) is 41.5 Å². The average Bonchev–Trinajstić information content (AvgIpc) is 2.54. The van der Waals surface area contributed by atoms with Gasteiger partial charge >= 0.3 is 6.18 Å². The van der Waals surface area contributed by atoms with Gasteiger partial charge in [0.1, 0.15) is 0 Å². The normalized spacial score (nSPS) is 22.8. The number of nitrogens with one attached hydrogen (secondary N) is 1. The van der Waals surface area contributed by atoms with Crippen molar-refractivity contribution < 1.29 is 23.0 Å². The van der Waals surface area contributed by atoms with Crippen molar-refractivity contribution in [2.24, 2.45) is 5.41 Å². The number of halogens is 3. The summed E-state index contributed by atoms with van der Waals surface area (Å²) in [6.45, 7) is 1.57. The van der Waals surface area contributed by atoms with E-state index in [1.54, 1.807) is 6.07 Å². The van der Waals surface area contributed by atoms with Gasteiger partial charge in [-0.2, -0.15) is 13.2 Å². The van der Waals surface area contributed by atoms with Gasteiger partial charge in [0.15, 0.2) is 0 Å². The minimum atomic E-state index is -4.33. The zero-order chi connectivity index (χ0) is 17.3. The van der Waals surface area contributed by atoms with Gasteiger partial charge in [-0.15, -0.1) is 0 Å². The highest BCUT2D eigenvalue weighted by Gasteiger charge is 2.42. The van der Waals surface area contributed by atoms with Gasteiger partial charge in [-0.05, 0) is 30.5 Å². The van der Waals surface area contributed by atoms with Crippen molar-refractivity contribution >= 4 is 0 Å². The van der Waals surface area contributed by atoms with E-state index >= 15 is 0 Å². The lowest BCUT2D eigenvalue weighted by atomic mass is 9.75. The molecule has 2 fully saturated rings. The minimum absolute atomic E-state index is 0.0265. The third-order valence-electron chi connectivity index (χ3n) is 5.40. The predicted molar refractivity (Wildman–Crippen MR) is 84.5 cm³/mol. The smallest absolute Gasteiger partial charge is 0.396 e. The van der Waals surface area contributed by atoms with E-state index < -0.39 is 17.3 Å². The summed E-state index contributed by atoms with van der Waals surface area (Å²) in [7, 11) is 0. The van der Waals surface area contributed by atoms with Crippen molar-refractivity contribution in [2.45, 2.75) is 43.8 Å². The van der Waals surface area contributed by atoms with Crippen LogP contribution in [0.3, 0.4) is 0 Å². The monoisotopic (exact) mass is 343 g/mol. The van der Waals surface area contributed by atoms with E-state index in [-0.39, 0.29) is 12.0 Å². The Hall–Kier alpha value is -1.11. The molecule has 2 aliphatic rings. The zero-order valence-corrected chi connectivity index (χ0v) is 13.7. The molecule has 134 valence electrons. The quantitative estimate of drug-likeness (QED) is 0.860. The van der Waals surface area contributed by atoms with E-state index in [9.17, 15) is 18.3 Å². The molecule has 1 aliphatic heterocycles. The highest BCUT2D eigenvalue weighted by atomic mass is 19.4. The molecule has 3 rings (SSSR count). The number of benzene rings is 1. The first-order chi connectivity index (χ1) is 11.4. The summed E-state index contributed by atoms with van der Waals surface area (Å²) < 4.78 is 44.5. The van der Waals surface area contributed by atoms with Crippen LogP contribution in [-0.2, 0) is 16.5 Å². The molecule has 0 spiro atoms. The summed E-state index contributed by atoms with van der Waals surface area (Å²) in [5.41, 5.74) is -0.649. The Balaban J connectivity index is 1.85. The minimum Gasteiger partial charge on any atom is -0.396 e. The molecule has 3 nitrogen and oxygen atoms in total. The van der Waals surface area contributed by atoms with Gasteiger partial charge in [-0.25, -0.2) is 0 Å². The molecule has 0 atom stereocenters. The van der Waals surface area contributed by atoms with Crippen LogP contribution in [0.25, 0.3) is 0 Å². The number of ether oxygens (including phenoxy) is 1. The number of rotatable bonds is 5. The van der Waals surface area contributed by atoms with E-state index in [1.165, 1.54) is 12.1 Å². The molecule has 0 radical (unpaired) electrons. The van der Waals surface area contributed by atoms with Crippen LogP contribution >= 0.6 is 0 Å². The third-order valence-corrected chi connectivity index (χ3v) is 5.40. The lowest BCUT2D eigenvalue weighted by Gasteiger charge is -2.46. The van der Waals surface area contributed by atoms with Crippen LogP contribution in [-0.4, -0.2) is 31.5 Å². The Morgan fingerprint density at radius 1 is 1.12 bits per heavy atom. The van der Waals surface area contributed by atoms with Crippen LogP contribution in [0.1, 0.15) is 43.2 Å². The van der Waals surface area contributed by atoms with Gasteiger partial charge in [-0.3, -0.25) is 0 Å². The number of aliphatic hydroxyl groups excluding tert-OH is 1. The van der Waals surface area contributed by atoms with Crippen molar-refractivity contribution in [2.75, 3.05) is 26.4 Å².